The molecule has 0 N–H and O–H groups in total. The van der Waals surface area contributed by atoms with Gasteiger partial charge in [0.25, 0.3) is 5.89 Å². The Hall–Kier alpha value is -2.65. The number of hydrogen-bond donors (Lipinski definition) is 0. The molecule has 4 aromatic rings. The maximum atomic E-state index is 12.4. The second-order valence-corrected chi connectivity index (χ2v) is 6.69. The number of carbonyl (C=O) groups is 1. The maximum Gasteiger partial charge on any atom is 0.359 e. The van der Waals surface area contributed by atoms with E-state index in [0.29, 0.717) is 17.2 Å². The van der Waals surface area contributed by atoms with Crippen molar-refractivity contribution in [1.29, 1.82) is 0 Å². The van der Waals surface area contributed by atoms with Gasteiger partial charge >= 0.3 is 5.97 Å². The SMILES string of the molecule is CSc1nc(C(=O)OCc2noc(-c3cccs3)n2)c2ccccn12. The third-order valence-corrected chi connectivity index (χ3v) is 4.94. The van der Waals surface area contributed by atoms with Crippen LogP contribution in [0.4, 0.5) is 0 Å². The molecule has 0 fully saturated rings. The third kappa shape index (κ3) is 3.03. The zero-order valence-electron chi connectivity index (χ0n) is 13.1. The average Bonchev–Trinajstić information content (AvgIpc) is 3.38. The summed E-state index contributed by atoms with van der Waals surface area (Å²) in [6, 6.07) is 9.35. The molecule has 25 heavy (non-hydrogen) atoms. The Morgan fingerprint density at radius 1 is 1.32 bits per heavy atom. The van der Waals surface area contributed by atoms with E-state index in [1.165, 1.54) is 23.1 Å². The first-order valence-electron chi connectivity index (χ1n) is 7.31. The molecule has 4 aromatic heterocycles. The predicted octanol–water partition coefficient (Wildman–Crippen LogP) is 3.52. The van der Waals surface area contributed by atoms with E-state index in [9.17, 15) is 4.79 Å². The van der Waals surface area contributed by atoms with Gasteiger partial charge in [0, 0.05) is 6.20 Å². The van der Waals surface area contributed by atoms with Crippen LogP contribution in [0.2, 0.25) is 0 Å². The molecule has 4 rings (SSSR count). The molecule has 0 radical (unpaired) electrons. The zero-order chi connectivity index (χ0) is 17.2. The molecule has 0 saturated heterocycles. The minimum absolute atomic E-state index is 0.0752. The van der Waals surface area contributed by atoms with Crippen molar-refractivity contribution in [2.45, 2.75) is 11.8 Å². The smallest absolute Gasteiger partial charge is 0.359 e. The lowest BCUT2D eigenvalue weighted by Gasteiger charge is -1.99. The predicted molar refractivity (Wildman–Crippen MR) is 93.7 cm³/mol. The van der Waals surface area contributed by atoms with Crippen molar-refractivity contribution >= 4 is 34.6 Å². The number of imidazole rings is 1. The Bertz CT molecular complexity index is 1020. The number of fused-ring (bicyclic) bond motifs is 1. The van der Waals surface area contributed by atoms with Crippen LogP contribution >= 0.6 is 23.1 Å². The van der Waals surface area contributed by atoms with Crippen LogP contribution in [0, 0.1) is 0 Å². The summed E-state index contributed by atoms with van der Waals surface area (Å²) in [6.07, 6.45) is 3.76. The van der Waals surface area contributed by atoms with Gasteiger partial charge < -0.3 is 9.26 Å². The summed E-state index contributed by atoms with van der Waals surface area (Å²) in [7, 11) is 0. The lowest BCUT2D eigenvalue weighted by atomic mass is 10.3. The molecule has 0 bridgehead atoms. The summed E-state index contributed by atoms with van der Waals surface area (Å²) >= 11 is 2.96. The number of thiophene rings is 1. The van der Waals surface area contributed by atoms with Gasteiger partial charge in [-0.15, -0.1) is 11.3 Å². The van der Waals surface area contributed by atoms with Crippen LogP contribution in [0.1, 0.15) is 16.3 Å². The summed E-state index contributed by atoms with van der Waals surface area (Å²) < 4.78 is 12.3. The highest BCUT2D eigenvalue weighted by Gasteiger charge is 2.19. The van der Waals surface area contributed by atoms with Crippen molar-refractivity contribution < 1.29 is 14.1 Å². The van der Waals surface area contributed by atoms with Crippen LogP contribution in [0.3, 0.4) is 0 Å². The largest absolute Gasteiger partial charge is 0.453 e. The van der Waals surface area contributed by atoms with E-state index >= 15 is 0 Å². The molecule has 0 saturated carbocycles. The molecule has 0 aliphatic heterocycles. The Kier molecular flexibility index (Phi) is 4.24. The van der Waals surface area contributed by atoms with Crippen molar-refractivity contribution in [3.8, 4) is 10.8 Å². The summed E-state index contributed by atoms with van der Waals surface area (Å²) in [4.78, 5) is 21.9. The quantitative estimate of drug-likeness (QED) is 0.391. The molecular weight excluding hydrogens is 360 g/mol. The number of hydrogen-bond acceptors (Lipinski definition) is 8. The van der Waals surface area contributed by atoms with E-state index in [0.717, 1.165) is 10.0 Å². The fourth-order valence-corrected chi connectivity index (χ4v) is 3.50. The van der Waals surface area contributed by atoms with Gasteiger partial charge in [-0.05, 0) is 29.8 Å². The molecule has 0 aliphatic rings. The number of nitrogens with zero attached hydrogens (tertiary/aromatic N) is 4. The van der Waals surface area contributed by atoms with Crippen molar-refractivity contribution in [2.24, 2.45) is 0 Å². The number of thioether (sulfide) groups is 1. The van der Waals surface area contributed by atoms with Crippen LogP contribution in [0.15, 0.2) is 51.6 Å². The average molecular weight is 372 g/mol. The molecule has 0 aromatic carbocycles. The van der Waals surface area contributed by atoms with Crippen LogP contribution < -0.4 is 0 Å². The Balaban J connectivity index is 1.51. The van der Waals surface area contributed by atoms with E-state index in [4.69, 9.17) is 9.26 Å². The van der Waals surface area contributed by atoms with E-state index in [1.54, 1.807) is 0 Å². The zero-order valence-corrected chi connectivity index (χ0v) is 14.7. The number of esters is 1. The highest BCUT2D eigenvalue weighted by molar-refractivity contribution is 7.98. The van der Waals surface area contributed by atoms with Gasteiger partial charge in [-0.3, -0.25) is 4.40 Å². The first-order chi connectivity index (χ1) is 12.3. The first-order valence-corrected chi connectivity index (χ1v) is 9.41. The second-order valence-electron chi connectivity index (χ2n) is 4.97. The summed E-state index contributed by atoms with van der Waals surface area (Å²) in [6.45, 7) is -0.0752. The standard InChI is InChI=1S/C16H12N4O3S2/c1-24-16-18-13(10-5-2-3-7-20(10)16)15(21)22-9-12-17-14(23-19-12)11-6-4-8-25-11/h2-8H,9H2,1H3. The lowest BCUT2D eigenvalue weighted by Crippen LogP contribution is -2.07. The van der Waals surface area contributed by atoms with Gasteiger partial charge in [-0.25, -0.2) is 9.78 Å². The minimum atomic E-state index is -0.522. The van der Waals surface area contributed by atoms with E-state index in [1.807, 2.05) is 52.6 Å². The number of pyridine rings is 1. The highest BCUT2D eigenvalue weighted by Crippen LogP contribution is 2.23. The van der Waals surface area contributed by atoms with Gasteiger partial charge in [-0.1, -0.05) is 29.1 Å². The van der Waals surface area contributed by atoms with Crippen LogP contribution in [-0.4, -0.2) is 31.8 Å². The molecular formula is C16H12N4O3S2. The molecule has 4 heterocycles. The van der Waals surface area contributed by atoms with Crippen LogP contribution in [0.25, 0.3) is 16.3 Å². The topological polar surface area (TPSA) is 82.5 Å². The van der Waals surface area contributed by atoms with Crippen molar-refractivity contribution in [3.63, 3.8) is 0 Å². The van der Waals surface area contributed by atoms with Gasteiger partial charge in [0.15, 0.2) is 17.5 Å². The van der Waals surface area contributed by atoms with Crippen LogP contribution in [-0.2, 0) is 11.3 Å². The van der Waals surface area contributed by atoms with Crippen molar-refractivity contribution in [1.82, 2.24) is 19.5 Å². The minimum Gasteiger partial charge on any atom is -0.453 e. The molecule has 0 aliphatic carbocycles. The lowest BCUT2D eigenvalue weighted by molar-refractivity contribution is 0.0455. The maximum absolute atomic E-state index is 12.4. The molecule has 0 atom stereocenters. The molecule has 9 heteroatoms. The van der Waals surface area contributed by atoms with Gasteiger partial charge in [-0.2, -0.15) is 4.98 Å². The Morgan fingerprint density at radius 3 is 3.04 bits per heavy atom. The van der Waals surface area contributed by atoms with E-state index in [2.05, 4.69) is 15.1 Å². The fraction of sp³-hybridized carbons (Fsp3) is 0.125. The number of ether oxygens (including phenoxy) is 1. The number of aromatic nitrogens is 4. The Morgan fingerprint density at radius 2 is 2.24 bits per heavy atom. The third-order valence-electron chi connectivity index (χ3n) is 3.42. The van der Waals surface area contributed by atoms with E-state index in [-0.39, 0.29) is 12.3 Å². The van der Waals surface area contributed by atoms with Gasteiger partial charge in [0.05, 0.1) is 10.4 Å². The van der Waals surface area contributed by atoms with Gasteiger partial charge in [0.2, 0.25) is 5.82 Å². The van der Waals surface area contributed by atoms with Gasteiger partial charge in [0.1, 0.15) is 0 Å². The summed E-state index contributed by atoms with van der Waals surface area (Å²) in [5.74, 6) is 0.204. The summed E-state index contributed by atoms with van der Waals surface area (Å²) in [5, 5.41) is 6.48. The molecule has 126 valence electrons. The van der Waals surface area contributed by atoms with E-state index < -0.39 is 5.97 Å². The molecule has 0 amide bonds. The fourth-order valence-electron chi connectivity index (χ4n) is 2.32. The number of carbonyl (C=O) groups excluding carboxylic acids is 1. The summed E-state index contributed by atoms with van der Waals surface area (Å²) in [5.41, 5.74) is 0.969. The normalized spacial score (nSPS) is 11.1. The van der Waals surface area contributed by atoms with Crippen LogP contribution in [0.5, 0.6) is 0 Å². The number of rotatable bonds is 5. The molecule has 0 spiro atoms. The van der Waals surface area contributed by atoms with Crippen molar-refractivity contribution in [2.75, 3.05) is 6.26 Å². The Labute approximate surface area is 150 Å². The monoisotopic (exact) mass is 372 g/mol. The molecule has 0 unspecified atom stereocenters. The second kappa shape index (κ2) is 6.69. The first kappa shape index (κ1) is 15.9. The van der Waals surface area contributed by atoms with Crippen molar-refractivity contribution in [3.05, 3.63) is 53.4 Å². The molecule has 7 nitrogen and oxygen atoms in total. The highest BCUT2D eigenvalue weighted by atomic mass is 32.2.